The van der Waals surface area contributed by atoms with Crippen LogP contribution in [-0.2, 0) is 4.79 Å². The summed E-state index contributed by atoms with van der Waals surface area (Å²) >= 11 is 0. The number of carbonyl (C=O) groups is 2. The van der Waals surface area contributed by atoms with Crippen molar-refractivity contribution in [3.8, 4) is 0 Å². The van der Waals surface area contributed by atoms with Crippen LogP contribution in [0, 0.1) is 0 Å². The van der Waals surface area contributed by atoms with E-state index in [1.807, 2.05) is 12.1 Å². The summed E-state index contributed by atoms with van der Waals surface area (Å²) in [5, 5.41) is 1.05. The molecule has 2 fully saturated rings. The first-order valence-electron chi connectivity index (χ1n) is 9.03. The second kappa shape index (κ2) is 6.64. The van der Waals surface area contributed by atoms with Crippen molar-refractivity contribution in [2.45, 2.75) is 31.3 Å². The summed E-state index contributed by atoms with van der Waals surface area (Å²) in [5.41, 5.74) is 1.87. The van der Waals surface area contributed by atoms with Gasteiger partial charge in [0.05, 0.1) is 12.6 Å². The van der Waals surface area contributed by atoms with E-state index in [2.05, 4.69) is 22.0 Å². The van der Waals surface area contributed by atoms with Gasteiger partial charge in [-0.15, -0.1) is 0 Å². The van der Waals surface area contributed by atoms with Gasteiger partial charge in [-0.2, -0.15) is 0 Å². The van der Waals surface area contributed by atoms with Crippen molar-refractivity contribution < 1.29 is 9.59 Å². The molecule has 4 rings (SSSR count). The standard InChI is InChI=1S/C19H23N5O2/c1-22-16(12-17(25)23(2)19(22)26)24-10-7-13(8-11-24)15-6-5-14-4-3-9-20-18(14)21-15/h3-6,9,13,16H,7-8,10-12H2,1-2H3. The number of pyridine rings is 2. The Labute approximate surface area is 152 Å². The molecular weight excluding hydrogens is 330 g/mol. The Morgan fingerprint density at radius 1 is 1.08 bits per heavy atom. The van der Waals surface area contributed by atoms with E-state index in [4.69, 9.17) is 4.98 Å². The Hall–Kier alpha value is -2.54. The van der Waals surface area contributed by atoms with Gasteiger partial charge in [-0.3, -0.25) is 14.6 Å². The second-order valence-corrected chi connectivity index (χ2v) is 7.13. The van der Waals surface area contributed by atoms with E-state index in [1.54, 1.807) is 25.2 Å². The smallest absolute Gasteiger partial charge is 0.311 e. The van der Waals surface area contributed by atoms with Crippen molar-refractivity contribution in [3.63, 3.8) is 0 Å². The zero-order valence-corrected chi connectivity index (χ0v) is 15.1. The SMILES string of the molecule is CN1C(=O)CC(N2CCC(c3ccc4cccnc4n3)CC2)N(C)C1=O. The minimum Gasteiger partial charge on any atom is -0.311 e. The number of hydrogen-bond acceptors (Lipinski definition) is 5. The largest absolute Gasteiger partial charge is 0.327 e. The average Bonchev–Trinajstić information content (AvgIpc) is 2.69. The van der Waals surface area contributed by atoms with Gasteiger partial charge in [0.1, 0.15) is 0 Å². The predicted molar refractivity (Wildman–Crippen MR) is 97.4 cm³/mol. The molecule has 7 heteroatoms. The lowest BCUT2D eigenvalue weighted by Crippen LogP contribution is -2.60. The summed E-state index contributed by atoms with van der Waals surface area (Å²) in [4.78, 5) is 38.4. The third-order valence-corrected chi connectivity index (χ3v) is 5.62. The Morgan fingerprint density at radius 2 is 1.85 bits per heavy atom. The number of rotatable bonds is 2. The average molecular weight is 353 g/mol. The van der Waals surface area contributed by atoms with Gasteiger partial charge in [0.2, 0.25) is 5.91 Å². The molecule has 4 heterocycles. The van der Waals surface area contributed by atoms with E-state index < -0.39 is 0 Å². The molecule has 2 aromatic rings. The second-order valence-electron chi connectivity index (χ2n) is 7.13. The topological polar surface area (TPSA) is 69.6 Å². The lowest BCUT2D eigenvalue weighted by Gasteiger charge is -2.44. The lowest BCUT2D eigenvalue weighted by molar-refractivity contribution is -0.134. The van der Waals surface area contributed by atoms with Gasteiger partial charge in [0.25, 0.3) is 0 Å². The van der Waals surface area contributed by atoms with Gasteiger partial charge in [0, 0.05) is 50.4 Å². The van der Waals surface area contributed by atoms with Crippen LogP contribution in [0.25, 0.3) is 11.0 Å². The number of imide groups is 1. The van der Waals surface area contributed by atoms with Gasteiger partial charge in [-0.1, -0.05) is 0 Å². The minimum absolute atomic E-state index is 0.109. The molecule has 0 N–H and O–H groups in total. The number of carbonyl (C=O) groups excluding carboxylic acids is 2. The van der Waals surface area contributed by atoms with E-state index >= 15 is 0 Å². The Kier molecular flexibility index (Phi) is 4.32. The number of aromatic nitrogens is 2. The highest BCUT2D eigenvalue weighted by molar-refractivity contribution is 5.96. The van der Waals surface area contributed by atoms with Gasteiger partial charge in [-0.05, 0) is 37.1 Å². The highest BCUT2D eigenvalue weighted by Crippen LogP contribution is 2.30. The van der Waals surface area contributed by atoms with Crippen molar-refractivity contribution in [3.05, 3.63) is 36.2 Å². The molecule has 2 aliphatic heterocycles. The van der Waals surface area contributed by atoms with Gasteiger partial charge in [0.15, 0.2) is 5.65 Å². The lowest BCUT2D eigenvalue weighted by atomic mass is 9.92. The van der Waals surface area contributed by atoms with Crippen molar-refractivity contribution in [1.29, 1.82) is 0 Å². The monoisotopic (exact) mass is 353 g/mol. The van der Waals surface area contributed by atoms with Crippen LogP contribution >= 0.6 is 0 Å². The van der Waals surface area contributed by atoms with Crippen LogP contribution in [0.15, 0.2) is 30.5 Å². The summed E-state index contributed by atoms with van der Waals surface area (Å²) in [6.45, 7) is 1.71. The molecule has 2 aliphatic rings. The molecule has 1 atom stereocenters. The number of amides is 3. The van der Waals surface area contributed by atoms with Gasteiger partial charge >= 0.3 is 6.03 Å². The molecule has 0 aromatic carbocycles. The molecular formula is C19H23N5O2. The highest BCUT2D eigenvalue weighted by atomic mass is 16.2. The number of urea groups is 1. The third-order valence-electron chi connectivity index (χ3n) is 5.62. The maximum atomic E-state index is 12.2. The fourth-order valence-electron chi connectivity index (χ4n) is 3.96. The van der Waals surface area contributed by atoms with Crippen LogP contribution in [0.4, 0.5) is 4.79 Å². The summed E-state index contributed by atoms with van der Waals surface area (Å²) in [5.74, 6) is 0.281. The molecule has 0 spiro atoms. The Balaban J connectivity index is 1.45. The molecule has 0 saturated carbocycles. The zero-order valence-electron chi connectivity index (χ0n) is 15.1. The van der Waals surface area contributed by atoms with Crippen molar-refractivity contribution >= 4 is 23.0 Å². The normalized spacial score (nSPS) is 23.1. The molecule has 0 bridgehead atoms. The number of fused-ring (bicyclic) bond motifs is 1. The summed E-state index contributed by atoms with van der Waals surface area (Å²) < 4.78 is 0. The van der Waals surface area contributed by atoms with E-state index in [-0.39, 0.29) is 18.1 Å². The fourth-order valence-corrected chi connectivity index (χ4v) is 3.96. The summed E-state index contributed by atoms with van der Waals surface area (Å²) in [7, 11) is 3.32. The molecule has 0 radical (unpaired) electrons. The van der Waals surface area contributed by atoms with Crippen LogP contribution in [0.1, 0.15) is 30.9 Å². The maximum Gasteiger partial charge on any atom is 0.327 e. The summed E-state index contributed by atoms with van der Waals surface area (Å²) in [6.07, 6.45) is 3.92. The fraction of sp³-hybridized carbons (Fsp3) is 0.474. The molecule has 3 amide bonds. The van der Waals surface area contributed by atoms with Crippen molar-refractivity contribution in [1.82, 2.24) is 24.7 Å². The number of likely N-dealkylation sites (tertiary alicyclic amines) is 1. The van der Waals surface area contributed by atoms with E-state index in [0.29, 0.717) is 12.3 Å². The van der Waals surface area contributed by atoms with E-state index in [9.17, 15) is 9.59 Å². The predicted octanol–water partition coefficient (Wildman–Crippen LogP) is 2.05. The first kappa shape index (κ1) is 16.9. The van der Waals surface area contributed by atoms with Crippen LogP contribution in [0.2, 0.25) is 0 Å². The maximum absolute atomic E-state index is 12.2. The highest BCUT2D eigenvalue weighted by Gasteiger charge is 2.38. The van der Waals surface area contributed by atoms with Crippen molar-refractivity contribution in [2.75, 3.05) is 27.2 Å². The summed E-state index contributed by atoms with van der Waals surface area (Å²) in [6, 6.07) is 7.89. The van der Waals surface area contributed by atoms with Gasteiger partial charge < -0.3 is 4.90 Å². The molecule has 1 unspecified atom stereocenters. The van der Waals surface area contributed by atoms with E-state index in [0.717, 1.165) is 42.7 Å². The number of hydrogen-bond donors (Lipinski definition) is 0. The Morgan fingerprint density at radius 3 is 2.62 bits per heavy atom. The van der Waals surface area contributed by atoms with Crippen LogP contribution in [0.5, 0.6) is 0 Å². The molecule has 2 aromatic heterocycles. The zero-order chi connectivity index (χ0) is 18.3. The number of piperidine rings is 1. The first-order valence-corrected chi connectivity index (χ1v) is 9.03. The molecule has 26 heavy (non-hydrogen) atoms. The molecule has 136 valence electrons. The molecule has 7 nitrogen and oxygen atoms in total. The van der Waals surface area contributed by atoms with Gasteiger partial charge in [-0.25, -0.2) is 14.8 Å². The minimum atomic E-state index is -0.226. The van der Waals surface area contributed by atoms with E-state index in [1.165, 1.54) is 4.90 Å². The number of nitrogens with zero attached hydrogens (tertiary/aromatic N) is 5. The molecule has 2 saturated heterocycles. The van der Waals surface area contributed by atoms with Crippen molar-refractivity contribution in [2.24, 2.45) is 0 Å². The Bertz CT molecular complexity index is 847. The van der Waals surface area contributed by atoms with Crippen LogP contribution < -0.4 is 0 Å². The third kappa shape index (κ3) is 2.92. The van der Waals surface area contributed by atoms with Crippen LogP contribution in [-0.4, -0.2) is 70.0 Å². The van der Waals surface area contributed by atoms with Crippen LogP contribution in [0.3, 0.4) is 0 Å². The molecule has 0 aliphatic carbocycles. The first-order chi connectivity index (χ1) is 12.5. The quantitative estimate of drug-likeness (QED) is 0.826.